The molecule has 2 saturated heterocycles. The Balaban J connectivity index is 1.72. The summed E-state index contributed by atoms with van der Waals surface area (Å²) in [5.74, 6) is -2.70. The van der Waals surface area contributed by atoms with Crippen LogP contribution >= 0.6 is 11.8 Å². The molecule has 2 unspecified atom stereocenters. The number of carbonyl (C=O) groups excluding carboxylic acids is 3. The first-order chi connectivity index (χ1) is 27.1. The van der Waals surface area contributed by atoms with Crippen LogP contribution in [0.25, 0.3) is 10.4 Å². The second kappa shape index (κ2) is 25.0. The average Bonchev–Trinajstić information content (AvgIpc) is 3.45. The van der Waals surface area contributed by atoms with E-state index >= 15 is 0 Å². The largest absolute Gasteiger partial charge is 0.463 e. The van der Waals surface area contributed by atoms with E-state index < -0.39 is 74.3 Å². The Morgan fingerprint density at radius 1 is 0.825 bits per heavy atom. The Bertz CT molecular complexity index is 1420. The van der Waals surface area contributed by atoms with Crippen molar-refractivity contribution in [3.63, 3.8) is 0 Å². The highest BCUT2D eigenvalue weighted by Gasteiger charge is 2.53. The number of rotatable bonds is 26. The third-order valence-electron chi connectivity index (χ3n) is 9.81. The average molecular weight is 838 g/mol. The molecule has 8 atom stereocenters. The van der Waals surface area contributed by atoms with Gasteiger partial charge < -0.3 is 37.3 Å². The molecule has 0 radical (unpaired) electrons. The summed E-state index contributed by atoms with van der Waals surface area (Å²) in [6.45, 7) is 13.1. The van der Waals surface area contributed by atoms with Gasteiger partial charge in [-0.25, -0.2) is 0 Å². The van der Waals surface area contributed by atoms with Crippen molar-refractivity contribution >= 4 is 38.2 Å². The lowest BCUT2D eigenvalue weighted by molar-refractivity contribution is -0.230. The summed E-state index contributed by atoms with van der Waals surface area (Å²) in [5, 5.41) is 4.12. The highest BCUT2D eigenvalue weighted by Crippen LogP contribution is 2.39. The standard InChI is InChI=1S/C41H67N3O11SSi/c1-9-10-11-12-13-14-15-16-17-18-19-23-26-34-36(54-41(5,6)53-34)33(43-44-42)27-49-57(7,8)55-39-38(51-31(4)47)37(50-30(3)46)35(28-48-29(2)45)52-40(39)56-32-24-21-20-22-25-32/h20-22,24-25,33-40H,9-19,23,26-28H2,1-8H3/t33-,34+,35?,36-,37-,38+,39?,40-/m0/s1. The maximum Gasteiger partial charge on any atom is 0.332 e. The lowest BCUT2D eigenvalue weighted by Gasteiger charge is -2.46. The maximum absolute atomic E-state index is 12.6. The maximum atomic E-state index is 12.6. The highest BCUT2D eigenvalue weighted by atomic mass is 32.2. The van der Waals surface area contributed by atoms with E-state index in [-0.39, 0.29) is 19.3 Å². The minimum Gasteiger partial charge on any atom is -0.463 e. The van der Waals surface area contributed by atoms with Crippen LogP contribution < -0.4 is 0 Å². The molecular weight excluding hydrogens is 771 g/mol. The van der Waals surface area contributed by atoms with Gasteiger partial charge >= 0.3 is 26.5 Å². The minimum atomic E-state index is -3.22. The summed E-state index contributed by atoms with van der Waals surface area (Å²) in [6, 6.07) is 8.71. The van der Waals surface area contributed by atoms with Gasteiger partial charge in [-0.3, -0.25) is 14.4 Å². The molecule has 14 nitrogen and oxygen atoms in total. The van der Waals surface area contributed by atoms with E-state index in [1.165, 1.54) is 96.7 Å². The molecular formula is C41H67N3O11SSi. The van der Waals surface area contributed by atoms with Gasteiger partial charge in [0.25, 0.3) is 0 Å². The molecule has 2 aliphatic heterocycles. The van der Waals surface area contributed by atoms with Gasteiger partial charge in [0, 0.05) is 37.2 Å². The first-order valence-electron chi connectivity index (χ1n) is 20.7. The van der Waals surface area contributed by atoms with E-state index in [2.05, 4.69) is 16.9 Å². The van der Waals surface area contributed by atoms with Crippen molar-refractivity contribution in [2.24, 2.45) is 5.11 Å². The van der Waals surface area contributed by atoms with Gasteiger partial charge in [0.2, 0.25) is 0 Å². The van der Waals surface area contributed by atoms with Crippen LogP contribution in [0.3, 0.4) is 0 Å². The highest BCUT2D eigenvalue weighted by molar-refractivity contribution is 7.99. The first kappa shape index (κ1) is 48.7. The van der Waals surface area contributed by atoms with Gasteiger partial charge in [-0.1, -0.05) is 119 Å². The van der Waals surface area contributed by atoms with Gasteiger partial charge in [-0.2, -0.15) is 0 Å². The number of thioether (sulfide) groups is 1. The Morgan fingerprint density at radius 2 is 1.40 bits per heavy atom. The predicted octanol–water partition coefficient (Wildman–Crippen LogP) is 9.32. The third-order valence-corrected chi connectivity index (χ3v) is 12.7. The number of esters is 3. The molecule has 0 spiro atoms. The summed E-state index contributed by atoms with van der Waals surface area (Å²) in [6.07, 6.45) is 10.6. The van der Waals surface area contributed by atoms with Crippen molar-refractivity contribution < 1.29 is 51.7 Å². The Morgan fingerprint density at radius 3 is 1.96 bits per heavy atom. The van der Waals surface area contributed by atoms with Crippen LogP contribution in [0.2, 0.25) is 13.1 Å². The number of carbonyl (C=O) groups is 3. The normalized spacial score (nSPS) is 24.9. The van der Waals surface area contributed by atoms with Crippen LogP contribution in [0.1, 0.15) is 125 Å². The van der Waals surface area contributed by atoms with Crippen molar-refractivity contribution in [2.75, 3.05) is 13.2 Å². The van der Waals surface area contributed by atoms with Crippen molar-refractivity contribution in [1.29, 1.82) is 0 Å². The molecule has 3 rings (SSSR count). The second-order valence-corrected chi connectivity index (χ2v) is 20.3. The minimum absolute atomic E-state index is 0.0207. The van der Waals surface area contributed by atoms with E-state index in [0.717, 1.165) is 24.2 Å². The molecule has 0 aromatic heterocycles. The molecule has 2 heterocycles. The number of hydrogen-bond acceptors (Lipinski definition) is 13. The molecule has 16 heteroatoms. The number of benzene rings is 1. The topological polar surface area (TPSA) is 174 Å². The quantitative estimate of drug-likeness (QED) is 0.0165. The van der Waals surface area contributed by atoms with Gasteiger partial charge in [-0.05, 0) is 51.0 Å². The number of azide groups is 1. The first-order valence-corrected chi connectivity index (χ1v) is 24.4. The lowest BCUT2D eigenvalue weighted by Crippen LogP contribution is -2.63. The van der Waals surface area contributed by atoms with Crippen molar-refractivity contribution in [2.45, 2.75) is 197 Å². The molecule has 322 valence electrons. The fourth-order valence-corrected chi connectivity index (χ4v) is 10.0. The zero-order valence-corrected chi connectivity index (χ0v) is 37.2. The van der Waals surface area contributed by atoms with E-state index in [4.69, 9.17) is 37.3 Å². The van der Waals surface area contributed by atoms with Crippen LogP contribution in [0.5, 0.6) is 0 Å². The van der Waals surface area contributed by atoms with Crippen molar-refractivity contribution in [1.82, 2.24) is 0 Å². The predicted molar refractivity (Wildman–Crippen MR) is 219 cm³/mol. The molecule has 1 aromatic rings. The SMILES string of the molecule is CCCCCCCCCCCCCC[C@H]1OC(C)(C)O[C@H]1[C@H](CO[Si](C)(C)OC1[C@H](Sc2ccccc2)OC(COC(C)=O)[C@H](OC(C)=O)[C@H]1OC(C)=O)N=[N+]=[N-]. The molecule has 2 fully saturated rings. The molecule has 0 bridgehead atoms. The summed E-state index contributed by atoms with van der Waals surface area (Å²) in [5.41, 5.74) is 8.82. The Labute approximate surface area is 344 Å². The molecule has 1 aromatic carbocycles. The molecule has 0 N–H and O–H groups in total. The van der Waals surface area contributed by atoms with Gasteiger partial charge in [0.1, 0.15) is 24.3 Å². The molecule has 57 heavy (non-hydrogen) atoms. The van der Waals surface area contributed by atoms with E-state index in [1.54, 1.807) is 0 Å². The molecule has 0 aliphatic carbocycles. The van der Waals surface area contributed by atoms with Crippen LogP contribution in [0.4, 0.5) is 0 Å². The molecule has 0 amide bonds. The Kier molecular flexibility index (Phi) is 21.4. The summed E-state index contributed by atoms with van der Waals surface area (Å²) in [4.78, 5) is 40.7. The van der Waals surface area contributed by atoms with E-state index in [9.17, 15) is 19.9 Å². The fourth-order valence-electron chi connectivity index (χ4n) is 7.23. The van der Waals surface area contributed by atoms with E-state index in [0.29, 0.717) is 0 Å². The number of nitrogens with zero attached hydrogens (tertiary/aromatic N) is 3. The smallest absolute Gasteiger partial charge is 0.332 e. The van der Waals surface area contributed by atoms with Crippen molar-refractivity contribution in [3.8, 4) is 0 Å². The van der Waals surface area contributed by atoms with E-state index in [1.807, 2.05) is 57.3 Å². The van der Waals surface area contributed by atoms with Gasteiger partial charge in [0.15, 0.2) is 18.0 Å². The zero-order valence-electron chi connectivity index (χ0n) is 35.4. The zero-order chi connectivity index (χ0) is 41.8. The lowest BCUT2D eigenvalue weighted by atomic mass is 9.99. The molecule has 2 aliphatic rings. The van der Waals surface area contributed by atoms with Crippen LogP contribution in [-0.4, -0.2) is 93.6 Å². The number of unbranched alkanes of at least 4 members (excludes halogenated alkanes) is 11. The number of ether oxygens (including phenoxy) is 6. The van der Waals surface area contributed by atoms with Gasteiger partial charge in [-0.15, -0.1) is 0 Å². The fraction of sp³-hybridized carbons (Fsp3) is 0.780. The third kappa shape index (κ3) is 18.0. The molecule has 0 saturated carbocycles. The second-order valence-electron chi connectivity index (χ2n) is 15.8. The van der Waals surface area contributed by atoms with Crippen molar-refractivity contribution in [3.05, 3.63) is 40.8 Å². The number of hydrogen-bond donors (Lipinski definition) is 0. The summed E-state index contributed by atoms with van der Waals surface area (Å²) >= 11 is 1.32. The van der Waals surface area contributed by atoms with Crippen LogP contribution in [-0.2, 0) is 51.7 Å². The summed E-state index contributed by atoms with van der Waals surface area (Å²) in [7, 11) is -3.22. The Hall–Kier alpha value is -2.69. The van der Waals surface area contributed by atoms with Crippen LogP contribution in [0, 0.1) is 0 Å². The van der Waals surface area contributed by atoms with Gasteiger partial charge in [0.05, 0.1) is 18.2 Å². The monoisotopic (exact) mass is 837 g/mol. The van der Waals surface area contributed by atoms with Crippen LogP contribution in [0.15, 0.2) is 40.3 Å². The summed E-state index contributed by atoms with van der Waals surface area (Å²) < 4.78 is 49.2.